The molecule has 0 saturated heterocycles. The fourth-order valence-electron chi connectivity index (χ4n) is 3.99. The molecular formula is C20H22N2O2. The molecule has 0 spiro atoms. The van der Waals surface area contributed by atoms with Gasteiger partial charge in [0.25, 0.3) is 0 Å². The predicted molar refractivity (Wildman–Crippen MR) is 92.9 cm³/mol. The minimum Gasteiger partial charge on any atom is -0.394 e. The SMILES string of the molecule is O=C(N[C@H](CO)Cc1ccccc1)N[C@@H]1[C@@H]2Cc3ccccc3[C@H]21. The second-order valence-electron chi connectivity index (χ2n) is 6.81. The van der Waals surface area contributed by atoms with Gasteiger partial charge in [-0.2, -0.15) is 0 Å². The number of amides is 2. The van der Waals surface area contributed by atoms with Gasteiger partial charge in [-0.05, 0) is 35.4 Å². The van der Waals surface area contributed by atoms with Crippen molar-refractivity contribution < 1.29 is 9.90 Å². The van der Waals surface area contributed by atoms with Crippen LogP contribution in [0.25, 0.3) is 0 Å². The van der Waals surface area contributed by atoms with Gasteiger partial charge in [0.05, 0.1) is 12.6 Å². The van der Waals surface area contributed by atoms with Gasteiger partial charge in [0, 0.05) is 12.0 Å². The van der Waals surface area contributed by atoms with Crippen LogP contribution in [-0.2, 0) is 12.8 Å². The van der Waals surface area contributed by atoms with Crippen molar-refractivity contribution in [2.45, 2.75) is 30.8 Å². The van der Waals surface area contributed by atoms with E-state index in [2.05, 4.69) is 34.9 Å². The summed E-state index contributed by atoms with van der Waals surface area (Å²) in [6, 6.07) is 18.2. The Morgan fingerprint density at radius 3 is 2.67 bits per heavy atom. The topological polar surface area (TPSA) is 61.4 Å². The molecule has 1 saturated carbocycles. The smallest absolute Gasteiger partial charge is 0.315 e. The summed E-state index contributed by atoms with van der Waals surface area (Å²) in [5.41, 5.74) is 3.91. The summed E-state index contributed by atoms with van der Waals surface area (Å²) in [5.74, 6) is 1.00. The number of nitrogens with one attached hydrogen (secondary N) is 2. The lowest BCUT2D eigenvalue weighted by Crippen LogP contribution is -2.46. The molecule has 2 aliphatic carbocycles. The largest absolute Gasteiger partial charge is 0.394 e. The summed E-state index contributed by atoms with van der Waals surface area (Å²) >= 11 is 0. The Balaban J connectivity index is 1.31. The Morgan fingerprint density at radius 2 is 1.88 bits per heavy atom. The van der Waals surface area contributed by atoms with Gasteiger partial charge in [0.15, 0.2) is 0 Å². The first kappa shape index (κ1) is 15.2. The zero-order valence-electron chi connectivity index (χ0n) is 13.5. The standard InChI is InChI=1S/C20H22N2O2/c23-12-15(10-13-6-2-1-3-7-13)21-20(24)22-19-17-11-14-8-4-5-9-16(14)18(17)19/h1-9,15,17-19,23H,10-12H2,(H2,21,22,24)/t15-,17+,18+,19+/m0/s1. The maximum atomic E-state index is 12.3. The molecule has 1 fully saturated rings. The number of aliphatic hydroxyl groups excluding tert-OH is 1. The Morgan fingerprint density at radius 1 is 1.12 bits per heavy atom. The first-order chi connectivity index (χ1) is 11.8. The van der Waals surface area contributed by atoms with E-state index in [0.29, 0.717) is 18.3 Å². The lowest BCUT2D eigenvalue weighted by Gasteiger charge is -2.18. The van der Waals surface area contributed by atoms with Crippen LogP contribution >= 0.6 is 0 Å². The van der Waals surface area contributed by atoms with Crippen LogP contribution in [0.1, 0.15) is 22.6 Å². The lowest BCUT2D eigenvalue weighted by atomic mass is 10.1. The fraction of sp³-hybridized carbons (Fsp3) is 0.350. The molecule has 124 valence electrons. The maximum Gasteiger partial charge on any atom is 0.315 e. The molecule has 0 aliphatic heterocycles. The van der Waals surface area contributed by atoms with Crippen LogP contribution < -0.4 is 10.6 Å². The molecule has 0 radical (unpaired) electrons. The van der Waals surface area contributed by atoms with E-state index >= 15 is 0 Å². The van der Waals surface area contributed by atoms with Crippen molar-refractivity contribution in [3.05, 3.63) is 71.3 Å². The number of benzene rings is 2. The van der Waals surface area contributed by atoms with E-state index in [9.17, 15) is 9.90 Å². The summed E-state index contributed by atoms with van der Waals surface area (Å²) in [4.78, 5) is 12.3. The highest BCUT2D eigenvalue weighted by molar-refractivity contribution is 5.75. The van der Waals surface area contributed by atoms with E-state index in [1.165, 1.54) is 11.1 Å². The number of hydrogen-bond acceptors (Lipinski definition) is 2. The van der Waals surface area contributed by atoms with E-state index in [0.717, 1.165) is 12.0 Å². The fourth-order valence-corrected chi connectivity index (χ4v) is 3.99. The summed E-state index contributed by atoms with van der Waals surface area (Å²) in [6.07, 6.45) is 1.68. The summed E-state index contributed by atoms with van der Waals surface area (Å²) in [7, 11) is 0. The third kappa shape index (κ3) is 2.89. The minimum absolute atomic E-state index is 0.0668. The van der Waals surface area contributed by atoms with Crippen molar-refractivity contribution in [2.75, 3.05) is 6.61 Å². The number of carbonyl (C=O) groups excluding carboxylic acids is 1. The number of fused-ring (bicyclic) bond motifs is 3. The Bertz CT molecular complexity index is 725. The van der Waals surface area contributed by atoms with Crippen molar-refractivity contribution in [2.24, 2.45) is 5.92 Å². The zero-order valence-corrected chi connectivity index (χ0v) is 13.5. The first-order valence-corrected chi connectivity index (χ1v) is 8.56. The van der Waals surface area contributed by atoms with Gasteiger partial charge in [-0.15, -0.1) is 0 Å². The van der Waals surface area contributed by atoms with E-state index in [-0.39, 0.29) is 24.7 Å². The van der Waals surface area contributed by atoms with Crippen LogP contribution in [0.15, 0.2) is 54.6 Å². The highest BCUT2D eigenvalue weighted by Gasteiger charge is 2.56. The number of urea groups is 1. The van der Waals surface area contributed by atoms with Crippen molar-refractivity contribution in [3.8, 4) is 0 Å². The van der Waals surface area contributed by atoms with Crippen LogP contribution in [0, 0.1) is 5.92 Å². The number of rotatable bonds is 5. The van der Waals surface area contributed by atoms with Gasteiger partial charge in [0.2, 0.25) is 0 Å². The normalized spacial score (nSPS) is 24.6. The second-order valence-corrected chi connectivity index (χ2v) is 6.81. The van der Waals surface area contributed by atoms with Crippen LogP contribution in [0.2, 0.25) is 0 Å². The molecule has 4 rings (SSSR count). The monoisotopic (exact) mass is 322 g/mol. The molecule has 2 aromatic rings. The van der Waals surface area contributed by atoms with Gasteiger partial charge in [-0.1, -0.05) is 54.6 Å². The molecule has 2 aliphatic rings. The van der Waals surface area contributed by atoms with Crippen LogP contribution in [0.5, 0.6) is 0 Å². The summed E-state index contributed by atoms with van der Waals surface area (Å²) in [6.45, 7) is -0.0668. The zero-order chi connectivity index (χ0) is 16.5. The van der Waals surface area contributed by atoms with Crippen molar-refractivity contribution in [1.29, 1.82) is 0 Å². The Labute approximate surface area is 141 Å². The number of carbonyl (C=O) groups is 1. The van der Waals surface area contributed by atoms with Crippen molar-refractivity contribution in [1.82, 2.24) is 10.6 Å². The highest BCUT2D eigenvalue weighted by Crippen LogP contribution is 2.56. The van der Waals surface area contributed by atoms with Crippen molar-refractivity contribution >= 4 is 6.03 Å². The Hall–Kier alpha value is -2.33. The third-order valence-electron chi connectivity index (χ3n) is 5.22. The average Bonchev–Trinajstić information content (AvgIpc) is 3.11. The third-order valence-corrected chi connectivity index (χ3v) is 5.22. The molecule has 0 bridgehead atoms. The molecule has 3 N–H and O–H groups in total. The molecule has 4 heteroatoms. The van der Waals surface area contributed by atoms with Gasteiger partial charge < -0.3 is 15.7 Å². The van der Waals surface area contributed by atoms with Crippen LogP contribution in [0.3, 0.4) is 0 Å². The quantitative estimate of drug-likeness (QED) is 0.790. The lowest BCUT2D eigenvalue weighted by molar-refractivity contribution is 0.215. The molecule has 0 heterocycles. The summed E-state index contributed by atoms with van der Waals surface area (Å²) < 4.78 is 0. The van der Waals surface area contributed by atoms with Gasteiger partial charge in [0.1, 0.15) is 0 Å². The van der Waals surface area contributed by atoms with Gasteiger partial charge >= 0.3 is 6.03 Å². The molecule has 4 nitrogen and oxygen atoms in total. The van der Waals surface area contributed by atoms with Crippen LogP contribution in [0.4, 0.5) is 4.79 Å². The number of hydrogen-bond donors (Lipinski definition) is 3. The minimum atomic E-state index is -0.265. The first-order valence-electron chi connectivity index (χ1n) is 8.56. The molecule has 2 amide bonds. The molecule has 2 aromatic carbocycles. The van der Waals surface area contributed by atoms with Gasteiger partial charge in [-0.25, -0.2) is 4.79 Å². The molecule has 24 heavy (non-hydrogen) atoms. The maximum absolute atomic E-state index is 12.3. The van der Waals surface area contributed by atoms with Crippen molar-refractivity contribution in [3.63, 3.8) is 0 Å². The molecular weight excluding hydrogens is 300 g/mol. The molecule has 4 atom stereocenters. The number of aliphatic hydroxyl groups is 1. The van der Waals surface area contributed by atoms with Gasteiger partial charge in [-0.3, -0.25) is 0 Å². The molecule has 0 unspecified atom stereocenters. The Kier molecular flexibility index (Phi) is 3.98. The second kappa shape index (κ2) is 6.29. The van der Waals surface area contributed by atoms with Crippen LogP contribution in [-0.4, -0.2) is 29.8 Å². The predicted octanol–water partition coefficient (Wildman–Crippen LogP) is 2.23. The molecule has 0 aromatic heterocycles. The van der Waals surface area contributed by atoms with E-state index in [1.54, 1.807) is 0 Å². The average molecular weight is 322 g/mol. The highest BCUT2D eigenvalue weighted by atomic mass is 16.3. The summed E-state index contributed by atoms with van der Waals surface area (Å²) in [5, 5.41) is 15.5. The van der Waals surface area contributed by atoms with E-state index in [1.807, 2.05) is 30.3 Å². The van der Waals surface area contributed by atoms with E-state index < -0.39 is 0 Å². The van der Waals surface area contributed by atoms with E-state index in [4.69, 9.17) is 0 Å².